The summed E-state index contributed by atoms with van der Waals surface area (Å²) in [5, 5.41) is 9.21. The van der Waals surface area contributed by atoms with Crippen molar-refractivity contribution in [3.8, 4) is 0 Å². The molecule has 8 nitrogen and oxygen atoms in total. The average molecular weight is 519 g/mol. The van der Waals surface area contributed by atoms with Gasteiger partial charge in [0, 0.05) is 26.2 Å². The molecule has 2 amide bonds. The lowest BCUT2D eigenvalue weighted by Gasteiger charge is -2.37. The molecule has 0 radical (unpaired) electrons. The summed E-state index contributed by atoms with van der Waals surface area (Å²) in [6.07, 6.45) is 9.29. The zero-order valence-electron chi connectivity index (χ0n) is 23.0. The number of hydrogen-bond acceptors (Lipinski definition) is 6. The van der Waals surface area contributed by atoms with Crippen LogP contribution in [-0.4, -0.2) is 82.8 Å². The van der Waals surface area contributed by atoms with Crippen LogP contribution in [0.25, 0.3) is 0 Å². The van der Waals surface area contributed by atoms with Gasteiger partial charge in [-0.15, -0.1) is 13.2 Å². The summed E-state index contributed by atoms with van der Waals surface area (Å²) in [5.74, 6) is -2.27. The van der Waals surface area contributed by atoms with Gasteiger partial charge in [-0.1, -0.05) is 32.4 Å². The SMILES string of the molecule is C=CCCCOC(=O)[C@@H]1[C@H]2C(=O)N(CCCCCO)C(C(=O)N(CC=C)CCCC)C23CC(C)[C@@]1(C)O3. The highest BCUT2D eigenvalue weighted by Crippen LogP contribution is 2.65. The van der Waals surface area contributed by atoms with Crippen LogP contribution in [0.2, 0.25) is 0 Å². The summed E-state index contributed by atoms with van der Waals surface area (Å²) in [6.45, 7) is 15.3. The van der Waals surface area contributed by atoms with E-state index in [2.05, 4.69) is 20.1 Å². The summed E-state index contributed by atoms with van der Waals surface area (Å²) < 4.78 is 12.4. The molecule has 3 unspecified atom stereocenters. The van der Waals surface area contributed by atoms with Crippen molar-refractivity contribution < 1.29 is 29.0 Å². The molecule has 1 N–H and O–H groups in total. The van der Waals surface area contributed by atoms with E-state index in [4.69, 9.17) is 9.47 Å². The third-order valence-electron chi connectivity index (χ3n) is 8.60. The minimum absolute atomic E-state index is 0.0181. The van der Waals surface area contributed by atoms with Gasteiger partial charge in [-0.25, -0.2) is 0 Å². The number of allylic oxidation sites excluding steroid dienone is 1. The lowest BCUT2D eigenvalue weighted by Crippen LogP contribution is -2.56. The molecule has 0 aliphatic carbocycles. The summed E-state index contributed by atoms with van der Waals surface area (Å²) >= 11 is 0. The molecule has 3 saturated heterocycles. The number of fused-ring (bicyclic) bond motifs is 1. The van der Waals surface area contributed by atoms with Crippen LogP contribution in [-0.2, 0) is 23.9 Å². The predicted octanol–water partition coefficient (Wildman–Crippen LogP) is 3.48. The zero-order valence-corrected chi connectivity index (χ0v) is 23.0. The summed E-state index contributed by atoms with van der Waals surface area (Å²) in [4.78, 5) is 45.2. The van der Waals surface area contributed by atoms with Crippen molar-refractivity contribution >= 4 is 17.8 Å². The number of carbonyl (C=O) groups is 3. The number of carbonyl (C=O) groups excluding carboxylic acids is 3. The van der Waals surface area contributed by atoms with Gasteiger partial charge in [0.15, 0.2) is 0 Å². The molecule has 0 aromatic heterocycles. The fraction of sp³-hybridized carbons (Fsp3) is 0.759. The average Bonchev–Trinajstić information content (AvgIpc) is 3.38. The third-order valence-corrected chi connectivity index (χ3v) is 8.60. The Hall–Kier alpha value is -2.19. The Balaban J connectivity index is 1.98. The van der Waals surface area contributed by atoms with Gasteiger partial charge in [-0.3, -0.25) is 14.4 Å². The van der Waals surface area contributed by atoms with Crippen LogP contribution in [0.4, 0.5) is 0 Å². The molecule has 6 atom stereocenters. The number of ether oxygens (including phenoxy) is 2. The Morgan fingerprint density at radius 2 is 1.97 bits per heavy atom. The van der Waals surface area contributed by atoms with E-state index in [-0.39, 0.29) is 30.9 Å². The van der Waals surface area contributed by atoms with Gasteiger partial charge in [0.1, 0.15) is 17.6 Å². The Morgan fingerprint density at radius 1 is 1.22 bits per heavy atom. The van der Waals surface area contributed by atoms with Crippen LogP contribution in [0.1, 0.15) is 72.1 Å². The van der Waals surface area contributed by atoms with E-state index < -0.39 is 35.0 Å². The number of nitrogens with zero attached hydrogens (tertiary/aromatic N) is 2. The van der Waals surface area contributed by atoms with Crippen LogP contribution < -0.4 is 0 Å². The highest BCUT2D eigenvalue weighted by Gasteiger charge is 2.80. The summed E-state index contributed by atoms with van der Waals surface area (Å²) in [7, 11) is 0. The van der Waals surface area contributed by atoms with Gasteiger partial charge in [-0.05, 0) is 57.8 Å². The highest BCUT2D eigenvalue weighted by atomic mass is 16.6. The minimum Gasteiger partial charge on any atom is -0.465 e. The van der Waals surface area contributed by atoms with Crippen LogP contribution in [0.5, 0.6) is 0 Å². The smallest absolute Gasteiger partial charge is 0.312 e. The van der Waals surface area contributed by atoms with Crippen molar-refractivity contribution in [3.63, 3.8) is 0 Å². The first kappa shape index (κ1) is 29.4. The zero-order chi connectivity index (χ0) is 27.2. The number of likely N-dealkylation sites (tertiary alicyclic amines) is 1. The number of aliphatic hydroxyl groups is 1. The second kappa shape index (κ2) is 12.6. The van der Waals surface area contributed by atoms with E-state index in [1.54, 1.807) is 22.0 Å². The first-order chi connectivity index (χ1) is 17.7. The normalized spacial score (nSPS) is 31.9. The van der Waals surface area contributed by atoms with Crippen molar-refractivity contribution in [1.29, 1.82) is 0 Å². The molecule has 37 heavy (non-hydrogen) atoms. The molecular formula is C29H46N2O6. The first-order valence-electron chi connectivity index (χ1n) is 14.0. The molecule has 0 aromatic carbocycles. The number of amides is 2. The van der Waals surface area contributed by atoms with Gasteiger partial charge < -0.3 is 24.4 Å². The van der Waals surface area contributed by atoms with Crippen molar-refractivity contribution in [3.05, 3.63) is 25.3 Å². The molecule has 1 spiro atoms. The number of aliphatic hydroxyl groups excluding tert-OH is 1. The van der Waals surface area contributed by atoms with Gasteiger partial charge in [-0.2, -0.15) is 0 Å². The first-order valence-corrected chi connectivity index (χ1v) is 14.0. The molecule has 208 valence electrons. The van der Waals surface area contributed by atoms with Crippen molar-refractivity contribution in [1.82, 2.24) is 9.80 Å². The third kappa shape index (κ3) is 5.37. The van der Waals surface area contributed by atoms with E-state index in [1.807, 2.05) is 13.8 Å². The van der Waals surface area contributed by atoms with Crippen molar-refractivity contribution in [2.75, 3.05) is 32.8 Å². The Bertz CT molecular complexity index is 861. The maximum absolute atomic E-state index is 14.2. The van der Waals surface area contributed by atoms with E-state index >= 15 is 0 Å². The second-order valence-electron chi connectivity index (χ2n) is 11.0. The van der Waals surface area contributed by atoms with Gasteiger partial charge >= 0.3 is 5.97 Å². The van der Waals surface area contributed by atoms with Gasteiger partial charge in [0.25, 0.3) is 0 Å². The van der Waals surface area contributed by atoms with Crippen LogP contribution in [0.3, 0.4) is 0 Å². The fourth-order valence-electron chi connectivity index (χ4n) is 6.65. The predicted molar refractivity (Wildman–Crippen MR) is 141 cm³/mol. The largest absolute Gasteiger partial charge is 0.465 e. The maximum Gasteiger partial charge on any atom is 0.312 e. The van der Waals surface area contributed by atoms with Gasteiger partial charge in [0.2, 0.25) is 11.8 Å². The number of rotatable bonds is 16. The quantitative estimate of drug-likeness (QED) is 0.191. The summed E-state index contributed by atoms with van der Waals surface area (Å²) in [5.41, 5.74) is -1.93. The van der Waals surface area contributed by atoms with E-state index in [0.717, 1.165) is 25.7 Å². The monoisotopic (exact) mass is 518 g/mol. The highest BCUT2D eigenvalue weighted by molar-refractivity contribution is 5.98. The lowest BCUT2D eigenvalue weighted by molar-refractivity contribution is -0.162. The Morgan fingerprint density at radius 3 is 2.62 bits per heavy atom. The van der Waals surface area contributed by atoms with Crippen LogP contribution in [0, 0.1) is 17.8 Å². The molecule has 3 rings (SSSR count). The second-order valence-corrected chi connectivity index (χ2v) is 11.0. The topological polar surface area (TPSA) is 96.4 Å². The number of esters is 1. The van der Waals surface area contributed by atoms with Crippen LogP contribution in [0.15, 0.2) is 25.3 Å². The fourth-order valence-corrected chi connectivity index (χ4v) is 6.65. The minimum atomic E-state index is -1.06. The van der Waals surface area contributed by atoms with Gasteiger partial charge in [0.05, 0.1) is 18.1 Å². The Labute approximate surface area is 222 Å². The molecule has 3 fully saturated rings. The van der Waals surface area contributed by atoms with Crippen molar-refractivity contribution in [2.45, 2.75) is 89.4 Å². The van der Waals surface area contributed by atoms with Crippen LogP contribution >= 0.6 is 0 Å². The van der Waals surface area contributed by atoms with Crippen molar-refractivity contribution in [2.24, 2.45) is 17.8 Å². The molecule has 0 saturated carbocycles. The standard InChI is InChI=1S/C29H46N2O6/c1-6-9-14-19-36-27(35)23-22-25(33)31(17-12-11-13-18-32)24(26(34)30(15-8-3)16-10-7-2)29(22)20-21(4)28(23,5)37-29/h6,8,21-24,32H,1,3,7,9-20H2,2,4-5H3/t21?,22-,23-,24?,28+,29?/m0/s1. The lowest BCUT2D eigenvalue weighted by atomic mass is 9.62. The maximum atomic E-state index is 14.2. The Kier molecular flexibility index (Phi) is 9.98. The molecule has 8 heteroatoms. The molecule has 3 heterocycles. The molecule has 0 aromatic rings. The molecule has 3 aliphatic heterocycles. The number of unbranched alkanes of at least 4 members (excludes halogenated alkanes) is 4. The summed E-state index contributed by atoms with van der Waals surface area (Å²) in [6, 6.07) is -0.793. The van der Waals surface area contributed by atoms with E-state index in [9.17, 15) is 19.5 Å². The molecule has 3 aliphatic rings. The molecule has 2 bridgehead atoms. The number of hydrogen-bond donors (Lipinski definition) is 1. The van der Waals surface area contributed by atoms with E-state index in [0.29, 0.717) is 45.3 Å². The molecular weight excluding hydrogens is 472 g/mol. The van der Waals surface area contributed by atoms with E-state index in [1.165, 1.54) is 0 Å².